The van der Waals surface area contributed by atoms with Crippen LogP contribution in [0.1, 0.15) is 25.3 Å². The largest absolute Gasteiger partial charge is 0.493 e. The van der Waals surface area contributed by atoms with Gasteiger partial charge in [-0.1, -0.05) is 13.0 Å². The fourth-order valence-corrected chi connectivity index (χ4v) is 4.63. The molecule has 0 aliphatic carbocycles. The second-order valence-electron chi connectivity index (χ2n) is 8.46. The molecule has 0 N–H and O–H groups in total. The first kappa shape index (κ1) is 25.2. The van der Waals surface area contributed by atoms with Crippen molar-refractivity contribution < 1.29 is 28.8 Å². The number of aromatic nitrogens is 1. The van der Waals surface area contributed by atoms with Crippen molar-refractivity contribution in [3.63, 3.8) is 0 Å². The molecule has 12 heteroatoms. The molecule has 2 fully saturated rings. The summed E-state index contributed by atoms with van der Waals surface area (Å²) in [6, 6.07) is 7.52. The summed E-state index contributed by atoms with van der Waals surface area (Å²) in [5, 5.41) is 10.3. The molecule has 3 amide bonds. The lowest BCUT2D eigenvalue weighted by Crippen LogP contribution is -2.45. The van der Waals surface area contributed by atoms with Crippen LogP contribution in [0.5, 0.6) is 17.4 Å². The number of methoxy groups -OCH3 is 1. The van der Waals surface area contributed by atoms with Gasteiger partial charge in [0, 0.05) is 25.2 Å². The maximum absolute atomic E-state index is 12.9. The lowest BCUT2D eigenvalue weighted by atomic mass is 9.99. The zero-order valence-corrected chi connectivity index (χ0v) is 20.5. The zero-order valence-electron chi connectivity index (χ0n) is 19.7. The first-order valence-corrected chi connectivity index (χ1v) is 12.1. The van der Waals surface area contributed by atoms with E-state index in [2.05, 4.69) is 11.9 Å². The highest BCUT2D eigenvalue weighted by molar-refractivity contribution is 8.18. The molecule has 2 saturated heterocycles. The molecule has 0 saturated carbocycles. The maximum Gasteiger partial charge on any atom is 0.294 e. The van der Waals surface area contributed by atoms with E-state index in [1.54, 1.807) is 29.2 Å². The van der Waals surface area contributed by atoms with E-state index >= 15 is 0 Å². The predicted octanol–water partition coefficient (Wildman–Crippen LogP) is 4.09. The predicted molar refractivity (Wildman–Crippen MR) is 132 cm³/mol. The van der Waals surface area contributed by atoms with Crippen molar-refractivity contribution in [2.45, 2.75) is 19.8 Å². The minimum atomic E-state index is -0.558. The highest BCUT2D eigenvalue weighted by Gasteiger charge is 2.37. The van der Waals surface area contributed by atoms with Gasteiger partial charge in [-0.3, -0.25) is 29.4 Å². The van der Waals surface area contributed by atoms with Crippen LogP contribution in [-0.4, -0.2) is 63.5 Å². The van der Waals surface area contributed by atoms with Crippen LogP contribution in [0.4, 0.5) is 10.5 Å². The Morgan fingerprint density at radius 3 is 2.61 bits per heavy atom. The van der Waals surface area contributed by atoms with Gasteiger partial charge in [0.15, 0.2) is 11.5 Å². The highest BCUT2D eigenvalue weighted by atomic mass is 32.2. The van der Waals surface area contributed by atoms with Crippen LogP contribution in [0.3, 0.4) is 0 Å². The number of likely N-dealkylation sites (tertiary alicyclic amines) is 1. The number of piperidine rings is 1. The number of imide groups is 1. The first-order valence-electron chi connectivity index (χ1n) is 11.2. The van der Waals surface area contributed by atoms with E-state index in [1.165, 1.54) is 19.2 Å². The number of ether oxygens (including phenoxy) is 2. The number of hydrogen-bond donors (Lipinski definition) is 0. The monoisotopic (exact) mass is 512 g/mol. The molecule has 0 radical (unpaired) electrons. The van der Waals surface area contributed by atoms with E-state index in [1.807, 2.05) is 0 Å². The molecule has 1 aromatic heterocycles. The molecule has 2 aliphatic heterocycles. The third-order valence-corrected chi connectivity index (χ3v) is 6.84. The van der Waals surface area contributed by atoms with Gasteiger partial charge >= 0.3 is 0 Å². The van der Waals surface area contributed by atoms with Crippen molar-refractivity contribution in [2.24, 2.45) is 5.92 Å². The second-order valence-corrected chi connectivity index (χ2v) is 9.45. The number of hydrogen-bond acceptors (Lipinski definition) is 9. The molecule has 3 heterocycles. The molecule has 2 aliphatic rings. The summed E-state index contributed by atoms with van der Waals surface area (Å²) in [6.07, 6.45) is 4.46. The van der Waals surface area contributed by atoms with E-state index in [0.717, 1.165) is 35.7 Å². The van der Waals surface area contributed by atoms with Gasteiger partial charge < -0.3 is 14.4 Å². The van der Waals surface area contributed by atoms with Gasteiger partial charge in [-0.15, -0.1) is 0 Å². The summed E-state index contributed by atoms with van der Waals surface area (Å²) in [4.78, 5) is 55.0. The molecule has 2 aromatic rings. The number of thioether (sulfide) groups is 1. The molecule has 188 valence electrons. The Morgan fingerprint density at radius 2 is 1.97 bits per heavy atom. The van der Waals surface area contributed by atoms with E-state index in [4.69, 9.17) is 9.47 Å². The lowest BCUT2D eigenvalue weighted by molar-refractivity contribution is -0.385. The van der Waals surface area contributed by atoms with E-state index in [-0.39, 0.29) is 28.9 Å². The minimum Gasteiger partial charge on any atom is -0.493 e. The SMILES string of the molecule is COc1cc(/C=C2/SC(=O)N(CC(=O)N3CCC(C)CC3)C2=O)ccc1Oc1ccc([N+](=O)[O-])cn1. The molecule has 36 heavy (non-hydrogen) atoms. The van der Waals surface area contributed by atoms with Gasteiger partial charge in [-0.05, 0) is 54.3 Å². The van der Waals surface area contributed by atoms with Gasteiger partial charge in [0.2, 0.25) is 11.8 Å². The third kappa shape index (κ3) is 5.65. The Morgan fingerprint density at radius 1 is 1.22 bits per heavy atom. The number of pyridine rings is 1. The van der Waals surface area contributed by atoms with Crippen LogP contribution in [0.25, 0.3) is 6.08 Å². The Bertz CT molecular complexity index is 1220. The molecule has 0 bridgehead atoms. The third-order valence-electron chi connectivity index (χ3n) is 5.93. The average Bonchev–Trinajstić information content (AvgIpc) is 3.12. The van der Waals surface area contributed by atoms with Crippen LogP contribution >= 0.6 is 11.8 Å². The normalized spacial score (nSPS) is 17.6. The number of benzene rings is 1. The molecule has 0 atom stereocenters. The van der Waals surface area contributed by atoms with Crippen LogP contribution in [0.15, 0.2) is 41.4 Å². The zero-order chi connectivity index (χ0) is 25.8. The van der Waals surface area contributed by atoms with E-state index in [9.17, 15) is 24.5 Å². The fraction of sp³-hybridized carbons (Fsp3) is 0.333. The Hall–Kier alpha value is -3.93. The lowest BCUT2D eigenvalue weighted by Gasteiger charge is -2.31. The number of carbonyl (C=O) groups is 3. The topological polar surface area (TPSA) is 132 Å². The smallest absolute Gasteiger partial charge is 0.294 e. The standard InChI is InChI=1S/C24H24N4O7S/c1-15-7-9-26(10-8-15)22(29)14-27-23(30)20(36-24(27)31)12-16-3-5-18(19(11-16)34-2)35-21-6-4-17(13-25-21)28(32)33/h3-6,11-13,15H,7-10,14H2,1-2H3/b20-12+. The second kappa shape index (κ2) is 10.8. The van der Waals surface area contributed by atoms with Gasteiger partial charge in [-0.2, -0.15) is 0 Å². The summed E-state index contributed by atoms with van der Waals surface area (Å²) < 4.78 is 11.0. The van der Waals surface area contributed by atoms with Crippen molar-refractivity contribution in [3.05, 3.63) is 57.1 Å². The Balaban J connectivity index is 1.45. The Kier molecular flexibility index (Phi) is 7.53. The molecule has 1 aromatic carbocycles. The van der Waals surface area contributed by atoms with Gasteiger partial charge in [-0.25, -0.2) is 4.98 Å². The molecule has 11 nitrogen and oxygen atoms in total. The Labute approximate surface area is 211 Å². The van der Waals surface area contributed by atoms with Crippen molar-refractivity contribution in [1.82, 2.24) is 14.8 Å². The fourth-order valence-electron chi connectivity index (χ4n) is 3.79. The van der Waals surface area contributed by atoms with Crippen LogP contribution in [0, 0.1) is 16.0 Å². The first-order chi connectivity index (χ1) is 17.2. The number of nitro groups is 1. The summed E-state index contributed by atoms with van der Waals surface area (Å²) in [5.74, 6) is 0.601. The molecular formula is C24H24N4O7S. The van der Waals surface area contributed by atoms with Crippen molar-refractivity contribution in [3.8, 4) is 17.4 Å². The molecule has 0 spiro atoms. The van der Waals surface area contributed by atoms with Crippen molar-refractivity contribution in [2.75, 3.05) is 26.7 Å². The minimum absolute atomic E-state index is 0.139. The summed E-state index contributed by atoms with van der Waals surface area (Å²) >= 11 is 0.780. The molecular weight excluding hydrogens is 488 g/mol. The maximum atomic E-state index is 12.9. The molecule has 0 unspecified atom stereocenters. The van der Waals surface area contributed by atoms with Crippen molar-refractivity contribution >= 4 is 40.6 Å². The van der Waals surface area contributed by atoms with Crippen molar-refractivity contribution in [1.29, 1.82) is 0 Å². The van der Waals surface area contributed by atoms with Gasteiger partial charge in [0.25, 0.3) is 16.8 Å². The number of amides is 3. The average molecular weight is 513 g/mol. The summed E-state index contributed by atoms with van der Waals surface area (Å²) in [7, 11) is 1.44. The van der Waals surface area contributed by atoms with Crippen LogP contribution in [-0.2, 0) is 9.59 Å². The molecule has 4 rings (SSSR count). The van der Waals surface area contributed by atoms with E-state index < -0.39 is 16.1 Å². The van der Waals surface area contributed by atoms with E-state index in [0.29, 0.717) is 36.1 Å². The number of carbonyl (C=O) groups excluding carboxylic acids is 3. The quantitative estimate of drug-likeness (QED) is 0.306. The van der Waals surface area contributed by atoms with Gasteiger partial charge in [0.1, 0.15) is 12.7 Å². The van der Waals surface area contributed by atoms with Gasteiger partial charge in [0.05, 0.1) is 16.9 Å². The van der Waals surface area contributed by atoms with Crippen LogP contribution in [0.2, 0.25) is 0 Å². The highest BCUT2D eigenvalue weighted by Crippen LogP contribution is 2.36. The number of rotatable bonds is 7. The summed E-state index contributed by atoms with van der Waals surface area (Å²) in [6.45, 7) is 3.14. The van der Waals surface area contributed by atoms with Crippen LogP contribution < -0.4 is 9.47 Å². The summed E-state index contributed by atoms with van der Waals surface area (Å²) in [5.41, 5.74) is 0.420. The number of nitrogens with zero attached hydrogens (tertiary/aromatic N) is 4.